The second-order valence-corrected chi connectivity index (χ2v) is 8.51. The second kappa shape index (κ2) is 8.61. The Hall–Kier alpha value is -3.82. The third-order valence-electron chi connectivity index (χ3n) is 5.69. The van der Waals surface area contributed by atoms with Gasteiger partial charge in [-0.15, -0.1) is 5.10 Å². The molecule has 0 saturated carbocycles. The Balaban J connectivity index is 1.49. The molecule has 1 aliphatic heterocycles. The molecular formula is C23H25FN6O3. The van der Waals surface area contributed by atoms with E-state index in [1.165, 1.54) is 24.2 Å². The Morgan fingerprint density at radius 2 is 1.91 bits per heavy atom. The molecule has 0 unspecified atom stereocenters. The maximum atomic E-state index is 13.9. The van der Waals surface area contributed by atoms with Crippen LogP contribution >= 0.6 is 0 Å². The Morgan fingerprint density at radius 3 is 2.61 bits per heavy atom. The first kappa shape index (κ1) is 22.4. The maximum Gasteiger partial charge on any atom is 0.294 e. The van der Waals surface area contributed by atoms with Crippen LogP contribution in [-0.4, -0.2) is 73.6 Å². The van der Waals surface area contributed by atoms with Crippen molar-refractivity contribution in [3.63, 3.8) is 0 Å². The van der Waals surface area contributed by atoms with Crippen molar-refractivity contribution in [2.75, 3.05) is 26.7 Å². The lowest BCUT2D eigenvalue weighted by molar-refractivity contribution is 0.0158. The summed E-state index contributed by atoms with van der Waals surface area (Å²) in [4.78, 5) is 37.8. The number of nitrogens with zero attached hydrogens (tertiary/aromatic N) is 6. The predicted octanol–water partition coefficient (Wildman–Crippen LogP) is 2.50. The quantitative estimate of drug-likeness (QED) is 0.604. The van der Waals surface area contributed by atoms with E-state index in [-0.39, 0.29) is 29.1 Å². The molecule has 2 aromatic heterocycles. The van der Waals surface area contributed by atoms with Crippen LogP contribution in [0.4, 0.5) is 4.39 Å². The fourth-order valence-corrected chi connectivity index (χ4v) is 3.84. The molecular weight excluding hydrogens is 427 g/mol. The zero-order valence-corrected chi connectivity index (χ0v) is 18.9. The van der Waals surface area contributed by atoms with Crippen molar-refractivity contribution in [3.05, 3.63) is 65.6 Å². The molecule has 2 amide bonds. The van der Waals surface area contributed by atoms with Crippen LogP contribution in [0.15, 0.2) is 42.7 Å². The first-order chi connectivity index (χ1) is 15.7. The molecule has 3 aromatic rings. The third-order valence-corrected chi connectivity index (χ3v) is 5.69. The van der Waals surface area contributed by atoms with Crippen molar-refractivity contribution < 1.29 is 18.7 Å². The van der Waals surface area contributed by atoms with E-state index in [1.807, 2.05) is 13.8 Å². The number of aryl methyl sites for hydroxylation is 1. The molecule has 1 aliphatic rings. The zero-order chi connectivity index (χ0) is 23.8. The van der Waals surface area contributed by atoms with E-state index >= 15 is 0 Å². The Labute approximate surface area is 190 Å². The Bertz CT molecular complexity index is 1210. The molecule has 172 valence electrons. The van der Waals surface area contributed by atoms with Crippen LogP contribution in [-0.2, 0) is 0 Å². The van der Waals surface area contributed by atoms with Crippen LogP contribution in [0.3, 0.4) is 0 Å². The van der Waals surface area contributed by atoms with Crippen molar-refractivity contribution in [2.24, 2.45) is 0 Å². The summed E-state index contributed by atoms with van der Waals surface area (Å²) in [5, 5.41) is 4.26. The Kier molecular flexibility index (Phi) is 5.84. The van der Waals surface area contributed by atoms with Gasteiger partial charge in [0, 0.05) is 25.7 Å². The first-order valence-corrected chi connectivity index (χ1v) is 10.5. The van der Waals surface area contributed by atoms with Crippen LogP contribution < -0.4 is 4.74 Å². The summed E-state index contributed by atoms with van der Waals surface area (Å²) < 4.78 is 20.4. The van der Waals surface area contributed by atoms with Crippen molar-refractivity contribution in [3.8, 4) is 11.6 Å². The van der Waals surface area contributed by atoms with Crippen molar-refractivity contribution >= 4 is 11.8 Å². The molecule has 0 radical (unpaired) electrons. The van der Waals surface area contributed by atoms with E-state index < -0.39 is 5.54 Å². The molecule has 4 rings (SSSR count). The molecule has 3 heterocycles. The topological polar surface area (TPSA) is 93.5 Å². The molecule has 1 aromatic carbocycles. The number of amides is 2. The fourth-order valence-electron chi connectivity index (χ4n) is 3.84. The van der Waals surface area contributed by atoms with Gasteiger partial charge < -0.3 is 14.5 Å². The van der Waals surface area contributed by atoms with Gasteiger partial charge in [0.15, 0.2) is 0 Å². The second-order valence-electron chi connectivity index (χ2n) is 8.51. The largest absolute Gasteiger partial charge is 0.481 e. The van der Waals surface area contributed by atoms with Crippen LogP contribution in [0.25, 0.3) is 5.69 Å². The SMILES string of the molecule is COc1cccc(C(=O)N2CCN(C(=O)c3ncn(-c4ccc(C)c(F)c4)n3)C(C)(C)C2)n1. The number of benzene rings is 1. The van der Waals surface area contributed by atoms with Crippen molar-refractivity contribution in [1.82, 2.24) is 29.5 Å². The van der Waals surface area contributed by atoms with Gasteiger partial charge in [-0.3, -0.25) is 9.59 Å². The third kappa shape index (κ3) is 4.41. The van der Waals surface area contributed by atoms with Gasteiger partial charge in [0.25, 0.3) is 11.8 Å². The lowest BCUT2D eigenvalue weighted by atomic mass is 9.98. The minimum absolute atomic E-state index is 0.0123. The average molecular weight is 452 g/mol. The van der Waals surface area contributed by atoms with Crippen molar-refractivity contribution in [1.29, 1.82) is 0 Å². The normalized spacial score (nSPS) is 15.4. The van der Waals surface area contributed by atoms with Crippen LogP contribution in [0, 0.1) is 12.7 Å². The summed E-state index contributed by atoms with van der Waals surface area (Å²) in [6, 6.07) is 9.73. The van der Waals surface area contributed by atoms with Gasteiger partial charge in [0.1, 0.15) is 17.8 Å². The number of piperazine rings is 1. The number of rotatable bonds is 4. The van der Waals surface area contributed by atoms with Gasteiger partial charge in [-0.1, -0.05) is 12.1 Å². The summed E-state index contributed by atoms with van der Waals surface area (Å²) >= 11 is 0. The lowest BCUT2D eigenvalue weighted by Crippen LogP contribution is -2.62. The molecule has 0 bridgehead atoms. The fraction of sp³-hybridized carbons (Fsp3) is 0.348. The van der Waals surface area contributed by atoms with Gasteiger partial charge in [-0.2, -0.15) is 0 Å². The number of methoxy groups -OCH3 is 1. The number of carbonyl (C=O) groups excluding carboxylic acids is 2. The highest BCUT2D eigenvalue weighted by Crippen LogP contribution is 2.24. The predicted molar refractivity (Wildman–Crippen MR) is 118 cm³/mol. The number of halogens is 1. The van der Waals surface area contributed by atoms with Gasteiger partial charge in [0.2, 0.25) is 11.7 Å². The monoisotopic (exact) mass is 452 g/mol. The van der Waals surface area contributed by atoms with E-state index in [9.17, 15) is 14.0 Å². The standard InChI is InChI=1S/C23H25FN6O3/c1-15-8-9-16(12-17(15)24)30-14-25-20(27-30)22(32)29-11-10-28(13-23(29,2)3)21(31)18-6-5-7-19(26-18)33-4/h5-9,12,14H,10-11,13H2,1-4H3. The molecule has 10 heteroatoms. The van der Waals surface area contributed by atoms with Crippen LogP contribution in [0.5, 0.6) is 5.88 Å². The summed E-state index contributed by atoms with van der Waals surface area (Å²) in [5.41, 5.74) is 0.625. The highest BCUT2D eigenvalue weighted by Gasteiger charge is 2.40. The van der Waals surface area contributed by atoms with Crippen LogP contribution in [0.1, 0.15) is 40.5 Å². The molecule has 33 heavy (non-hydrogen) atoms. The molecule has 1 saturated heterocycles. The van der Waals surface area contributed by atoms with E-state index in [0.29, 0.717) is 36.8 Å². The number of pyridine rings is 1. The Morgan fingerprint density at radius 1 is 1.12 bits per heavy atom. The lowest BCUT2D eigenvalue weighted by Gasteiger charge is -2.46. The minimum Gasteiger partial charge on any atom is -0.481 e. The number of ether oxygens (including phenoxy) is 1. The van der Waals surface area contributed by atoms with Gasteiger partial charge in [-0.05, 0) is 44.5 Å². The van der Waals surface area contributed by atoms with E-state index in [0.717, 1.165) is 0 Å². The van der Waals surface area contributed by atoms with Gasteiger partial charge >= 0.3 is 0 Å². The molecule has 0 N–H and O–H groups in total. The average Bonchev–Trinajstić information content (AvgIpc) is 3.29. The molecule has 0 atom stereocenters. The van der Waals surface area contributed by atoms with Crippen LogP contribution in [0.2, 0.25) is 0 Å². The number of aromatic nitrogens is 4. The summed E-state index contributed by atoms with van der Waals surface area (Å²) in [6.07, 6.45) is 1.39. The van der Waals surface area contributed by atoms with E-state index in [4.69, 9.17) is 4.74 Å². The van der Waals surface area contributed by atoms with Crippen molar-refractivity contribution in [2.45, 2.75) is 26.3 Å². The summed E-state index contributed by atoms with van der Waals surface area (Å²) in [5.74, 6) is -0.554. The summed E-state index contributed by atoms with van der Waals surface area (Å²) in [7, 11) is 1.49. The number of carbonyl (C=O) groups is 2. The van der Waals surface area contributed by atoms with E-state index in [1.54, 1.807) is 47.1 Å². The number of hydrogen-bond acceptors (Lipinski definition) is 6. The highest BCUT2D eigenvalue weighted by molar-refractivity contribution is 5.94. The number of hydrogen-bond donors (Lipinski definition) is 0. The first-order valence-electron chi connectivity index (χ1n) is 10.5. The smallest absolute Gasteiger partial charge is 0.294 e. The maximum absolute atomic E-state index is 13.9. The van der Waals surface area contributed by atoms with E-state index in [2.05, 4.69) is 15.1 Å². The van der Waals surface area contributed by atoms with Gasteiger partial charge in [-0.25, -0.2) is 19.0 Å². The summed E-state index contributed by atoms with van der Waals surface area (Å²) in [6.45, 7) is 6.42. The molecule has 1 fully saturated rings. The molecule has 9 nitrogen and oxygen atoms in total. The highest BCUT2D eigenvalue weighted by atomic mass is 19.1. The van der Waals surface area contributed by atoms with Gasteiger partial charge in [0.05, 0.1) is 18.3 Å². The zero-order valence-electron chi connectivity index (χ0n) is 18.9. The molecule has 0 aliphatic carbocycles. The minimum atomic E-state index is -0.661. The molecule has 0 spiro atoms.